The molecular formula is C23H29N5O6S2. The van der Waals surface area contributed by atoms with E-state index in [1.165, 1.54) is 12.1 Å². The number of carbonyl (C=O) groups is 2. The lowest BCUT2D eigenvalue weighted by atomic mass is 9.82. The summed E-state index contributed by atoms with van der Waals surface area (Å²) >= 11 is 0. The molecule has 13 heteroatoms. The van der Waals surface area contributed by atoms with E-state index in [-0.39, 0.29) is 40.0 Å². The summed E-state index contributed by atoms with van der Waals surface area (Å²) < 4.78 is 55.4. The molecule has 3 unspecified atom stereocenters. The third-order valence-electron chi connectivity index (χ3n) is 7.32. The number of amides is 1. The fourth-order valence-electron chi connectivity index (χ4n) is 5.58. The van der Waals surface area contributed by atoms with Crippen molar-refractivity contribution in [1.29, 1.82) is 0 Å². The lowest BCUT2D eigenvalue weighted by Crippen LogP contribution is -2.66. The number of piperidine rings is 1. The molecule has 36 heavy (non-hydrogen) atoms. The number of amidine groups is 1. The zero-order valence-corrected chi connectivity index (χ0v) is 21.5. The van der Waals surface area contributed by atoms with Crippen molar-refractivity contribution < 1.29 is 26.4 Å². The predicted molar refractivity (Wildman–Crippen MR) is 134 cm³/mol. The van der Waals surface area contributed by atoms with Gasteiger partial charge in [-0.25, -0.2) is 13.4 Å². The fraction of sp³-hybridized carbons (Fsp3) is 0.522. The van der Waals surface area contributed by atoms with Gasteiger partial charge in [-0.3, -0.25) is 19.3 Å². The van der Waals surface area contributed by atoms with Gasteiger partial charge in [-0.05, 0) is 43.9 Å². The van der Waals surface area contributed by atoms with Crippen molar-refractivity contribution in [2.24, 2.45) is 16.2 Å². The standard InChI is InChI=1S/C23H29N5O6S2/c1-3-12-27(15-6-4-7-15)28-18-9-5-8-16(18)21(29)20(23(28)30)22-24-17-11-10-14(25-35(2,31)32)13-19(17)36(33,34)26-22/h3,10-11,13,15-16,18,20,25H,1,4-9,12H2,2H3,(H,24,26). The number of carbonyl (C=O) groups excluding carboxylic acids is 2. The van der Waals surface area contributed by atoms with Crippen LogP contribution in [0, 0.1) is 11.8 Å². The van der Waals surface area contributed by atoms with Gasteiger partial charge < -0.3 is 5.32 Å². The van der Waals surface area contributed by atoms with E-state index in [0.717, 1.165) is 38.0 Å². The smallest absolute Gasteiger partial charge is 0.286 e. The Morgan fingerprint density at radius 1 is 1.22 bits per heavy atom. The molecule has 1 aromatic rings. The highest BCUT2D eigenvalue weighted by atomic mass is 32.2. The molecule has 2 aliphatic heterocycles. The lowest BCUT2D eigenvalue weighted by molar-refractivity contribution is -0.178. The molecule has 0 radical (unpaired) electrons. The number of nitrogens with zero attached hydrogens (tertiary/aromatic N) is 3. The van der Waals surface area contributed by atoms with Gasteiger partial charge in [-0.2, -0.15) is 8.42 Å². The first-order valence-corrected chi connectivity index (χ1v) is 15.3. The van der Waals surface area contributed by atoms with Gasteiger partial charge in [-0.15, -0.1) is 11.0 Å². The van der Waals surface area contributed by atoms with Crippen LogP contribution in [0.5, 0.6) is 0 Å². The van der Waals surface area contributed by atoms with Crippen LogP contribution in [0.1, 0.15) is 38.5 Å². The molecule has 0 bridgehead atoms. The number of Topliss-reactive ketones (excluding diaryl/α,β-unsaturated/α-hetero) is 1. The van der Waals surface area contributed by atoms with Crippen LogP contribution in [0.15, 0.2) is 40.1 Å². The van der Waals surface area contributed by atoms with E-state index >= 15 is 0 Å². The Hall–Kier alpha value is -2.77. The Labute approximate surface area is 210 Å². The van der Waals surface area contributed by atoms with Gasteiger partial charge in [0.25, 0.3) is 15.9 Å². The van der Waals surface area contributed by atoms with Crippen LogP contribution >= 0.6 is 0 Å². The van der Waals surface area contributed by atoms with Crippen LogP contribution in [-0.2, 0) is 29.6 Å². The monoisotopic (exact) mass is 535 g/mol. The Morgan fingerprint density at radius 2 is 1.94 bits per heavy atom. The largest absolute Gasteiger partial charge is 0.341 e. The highest BCUT2D eigenvalue weighted by Crippen LogP contribution is 2.42. The summed E-state index contributed by atoms with van der Waals surface area (Å²) in [5.41, 5.74) is 0.187. The number of rotatable bonds is 7. The molecule has 4 aliphatic rings. The number of benzene rings is 1. The van der Waals surface area contributed by atoms with Gasteiger partial charge in [0.2, 0.25) is 10.0 Å². The van der Waals surface area contributed by atoms with Crippen LogP contribution in [-0.4, -0.2) is 69.3 Å². The second-order valence-corrected chi connectivity index (χ2v) is 13.1. The first-order chi connectivity index (χ1) is 17.0. The highest BCUT2D eigenvalue weighted by Gasteiger charge is 2.55. The topological polar surface area (TPSA) is 145 Å². The molecule has 5 rings (SSSR count). The average Bonchev–Trinajstić information content (AvgIpc) is 3.22. The van der Waals surface area contributed by atoms with Gasteiger partial charge in [-0.1, -0.05) is 18.9 Å². The Morgan fingerprint density at radius 3 is 2.58 bits per heavy atom. The van der Waals surface area contributed by atoms with Crippen molar-refractivity contribution in [1.82, 2.24) is 10.0 Å². The Bertz CT molecular complexity index is 1370. The van der Waals surface area contributed by atoms with Crippen molar-refractivity contribution in [3.05, 3.63) is 30.9 Å². The normalized spacial score (nSPS) is 27.6. The van der Waals surface area contributed by atoms with Crippen molar-refractivity contribution in [3.63, 3.8) is 0 Å². The maximum atomic E-state index is 13.9. The molecule has 3 fully saturated rings. The van der Waals surface area contributed by atoms with E-state index in [4.69, 9.17) is 0 Å². The molecule has 2 N–H and O–H groups in total. The van der Waals surface area contributed by atoms with Crippen molar-refractivity contribution in [2.75, 3.05) is 22.8 Å². The lowest BCUT2D eigenvalue weighted by Gasteiger charge is -2.50. The Kier molecular flexibility index (Phi) is 6.20. The molecule has 1 amide bonds. The number of ketones is 1. The number of nitrogens with one attached hydrogen (secondary N) is 2. The Balaban J connectivity index is 1.52. The average molecular weight is 536 g/mol. The molecule has 11 nitrogen and oxygen atoms in total. The summed E-state index contributed by atoms with van der Waals surface area (Å²) in [5, 5.41) is 6.58. The third kappa shape index (κ3) is 4.33. The second kappa shape index (κ2) is 8.96. The van der Waals surface area contributed by atoms with E-state index in [2.05, 4.69) is 21.0 Å². The number of sulfonamides is 2. The molecule has 2 heterocycles. The van der Waals surface area contributed by atoms with Crippen LogP contribution in [0.4, 0.5) is 11.4 Å². The maximum absolute atomic E-state index is 13.9. The highest BCUT2D eigenvalue weighted by molar-refractivity contribution is 7.92. The minimum Gasteiger partial charge on any atom is -0.341 e. The number of hydrogen-bond acceptors (Lipinski definition) is 8. The number of hydrazine groups is 1. The molecular weight excluding hydrogens is 506 g/mol. The zero-order valence-electron chi connectivity index (χ0n) is 19.9. The van der Waals surface area contributed by atoms with Crippen LogP contribution < -0.4 is 10.0 Å². The SMILES string of the molecule is C=CCN(C1CCC1)N1C(=O)C(C2=NS(=O)(=O)c3cc(NS(C)(=O)=O)ccc3N2)C(=O)C2CCCC21. The van der Waals surface area contributed by atoms with Crippen LogP contribution in [0.3, 0.4) is 0 Å². The van der Waals surface area contributed by atoms with Crippen molar-refractivity contribution >= 4 is 48.9 Å². The van der Waals surface area contributed by atoms with Crippen LogP contribution in [0.25, 0.3) is 0 Å². The summed E-state index contributed by atoms with van der Waals surface area (Å²) in [5.74, 6) is -2.77. The van der Waals surface area contributed by atoms with Crippen molar-refractivity contribution in [2.45, 2.75) is 55.5 Å². The van der Waals surface area contributed by atoms with Gasteiger partial charge in [0.1, 0.15) is 10.7 Å². The summed E-state index contributed by atoms with van der Waals surface area (Å²) in [4.78, 5) is 27.2. The first-order valence-electron chi connectivity index (χ1n) is 12.0. The summed E-state index contributed by atoms with van der Waals surface area (Å²) in [7, 11) is -7.93. The second-order valence-electron chi connectivity index (χ2n) is 9.78. The summed E-state index contributed by atoms with van der Waals surface area (Å²) in [6.07, 6.45) is 7.80. The molecule has 194 valence electrons. The van der Waals surface area contributed by atoms with E-state index in [1.54, 1.807) is 11.1 Å². The molecule has 0 spiro atoms. The fourth-order valence-corrected chi connectivity index (χ4v) is 7.31. The minimum atomic E-state index is -4.31. The molecule has 3 atom stereocenters. The van der Waals surface area contributed by atoms with Gasteiger partial charge in [0.05, 0.1) is 18.0 Å². The molecule has 2 aliphatic carbocycles. The van der Waals surface area contributed by atoms with E-state index in [0.29, 0.717) is 19.4 Å². The van der Waals surface area contributed by atoms with Gasteiger partial charge in [0, 0.05) is 24.2 Å². The first kappa shape index (κ1) is 24.9. The number of anilines is 2. The summed E-state index contributed by atoms with van der Waals surface area (Å²) in [6.45, 7) is 4.30. The molecule has 1 saturated heterocycles. The maximum Gasteiger partial charge on any atom is 0.286 e. The minimum absolute atomic E-state index is 0.0608. The van der Waals surface area contributed by atoms with Crippen LogP contribution in [0.2, 0.25) is 0 Å². The van der Waals surface area contributed by atoms with E-state index < -0.39 is 37.8 Å². The summed E-state index contributed by atoms with van der Waals surface area (Å²) in [6, 6.07) is 3.87. The predicted octanol–water partition coefficient (Wildman–Crippen LogP) is 1.72. The third-order valence-corrected chi connectivity index (χ3v) is 9.26. The molecule has 0 aromatic heterocycles. The van der Waals surface area contributed by atoms with Crippen molar-refractivity contribution in [3.8, 4) is 0 Å². The molecule has 1 aromatic carbocycles. The zero-order chi connectivity index (χ0) is 25.8. The van der Waals surface area contributed by atoms with Gasteiger partial charge in [0.15, 0.2) is 11.7 Å². The van der Waals surface area contributed by atoms with E-state index in [9.17, 15) is 26.4 Å². The molecule has 2 saturated carbocycles. The van der Waals surface area contributed by atoms with E-state index in [1.807, 2.05) is 5.01 Å². The number of fused-ring (bicyclic) bond motifs is 2. The quantitative estimate of drug-likeness (QED) is 0.397. The van der Waals surface area contributed by atoms with Gasteiger partial charge >= 0.3 is 0 Å². The number of hydrogen-bond donors (Lipinski definition) is 2.